The van der Waals surface area contributed by atoms with E-state index in [4.69, 9.17) is 0 Å². The molecule has 2 N–H and O–H groups in total. The number of rotatable bonds is 6. The second-order valence-corrected chi connectivity index (χ2v) is 1.49. The monoisotopic (exact) mass is 166 g/mol. The first-order chi connectivity index (χ1) is 5.20. The Morgan fingerprint density at radius 3 is 1.73 bits per heavy atom. The summed E-state index contributed by atoms with van der Waals surface area (Å²) in [5.74, 6) is 0. The minimum absolute atomic E-state index is 0.180. The average molecular weight is 166 g/mol. The fourth-order valence-electron chi connectivity index (χ4n) is 0.378. The predicted octanol–water partition coefficient (Wildman–Crippen LogP) is -1.37. The van der Waals surface area contributed by atoms with E-state index >= 15 is 0 Å². The van der Waals surface area contributed by atoms with Gasteiger partial charge in [0.25, 0.3) is 0 Å². The van der Waals surface area contributed by atoms with E-state index in [2.05, 4.69) is 9.68 Å². The van der Waals surface area contributed by atoms with Gasteiger partial charge < -0.3 is 0 Å². The summed E-state index contributed by atoms with van der Waals surface area (Å²) >= 11 is 0. The van der Waals surface area contributed by atoms with Crippen LogP contribution in [0.5, 0.6) is 0 Å². The van der Waals surface area contributed by atoms with Crippen LogP contribution in [0.4, 0.5) is 0 Å². The molecule has 0 aliphatic rings. The van der Waals surface area contributed by atoms with Crippen LogP contribution in [0.25, 0.3) is 0 Å². The van der Waals surface area contributed by atoms with Gasteiger partial charge in [-0.1, -0.05) is 0 Å². The third-order valence-electron chi connectivity index (χ3n) is 0.643. The first kappa shape index (κ1) is 9.72. The van der Waals surface area contributed by atoms with E-state index in [1.807, 2.05) is 11.2 Å². The summed E-state index contributed by atoms with van der Waals surface area (Å²) in [5, 5.41) is 0. The van der Waals surface area contributed by atoms with E-state index in [1.54, 1.807) is 0 Å². The van der Waals surface area contributed by atoms with Gasteiger partial charge in [0.05, 0.1) is 24.0 Å². The molecule has 0 unspecified atom stereocenters. The van der Waals surface area contributed by atoms with Crippen LogP contribution < -0.4 is 11.2 Å². The molecule has 0 aliphatic carbocycles. The minimum atomic E-state index is -0.484. The second-order valence-electron chi connectivity index (χ2n) is 1.49. The topological polar surface area (TPSA) is 82.7 Å². The van der Waals surface area contributed by atoms with Crippen molar-refractivity contribution in [2.45, 2.75) is 0 Å². The van der Waals surface area contributed by atoms with Gasteiger partial charge in [-0.2, -0.15) is 0 Å². The third kappa shape index (κ3) is 5.18. The molecule has 0 aromatic carbocycles. The average Bonchev–Trinajstić information content (AvgIpc) is 1.87. The van der Waals surface area contributed by atoms with Gasteiger partial charge in [0.1, 0.15) is 0 Å². The Bertz CT molecular complexity index is 132. The number of nitrogens with one attached hydrogen (secondary N) is 2. The lowest BCUT2D eigenvalue weighted by molar-refractivity contribution is -0.833. The highest BCUT2D eigenvalue weighted by atomic mass is 16.7. The molecule has 0 saturated heterocycles. The maximum absolute atomic E-state index is 10.5. The summed E-state index contributed by atoms with van der Waals surface area (Å²) in [7, 11) is 2.51. The zero-order valence-corrected chi connectivity index (χ0v) is 6.23. The molecule has 0 amide bonds. The van der Waals surface area contributed by atoms with Crippen LogP contribution in [0.2, 0.25) is 0 Å². The number of nitrogens with zero attached hydrogens (tertiary/aromatic N) is 2. The normalized spacial score (nSPS) is 8.91. The van der Waals surface area contributed by atoms with Crippen molar-refractivity contribution in [3.63, 3.8) is 0 Å². The highest BCUT2D eigenvalue weighted by Gasteiger charge is 2.21. The van der Waals surface area contributed by atoms with Crippen molar-refractivity contribution in [1.29, 1.82) is 0 Å². The molecule has 0 spiro atoms. The standard InChI is InChI=1S/C3H10N4O4/c1-10-4-6(8)3-7(9)5-11-2/h3H2,1-2H3,(H,4,8)(H,5,9)/q+2. The molecule has 11 heavy (non-hydrogen) atoms. The summed E-state index contributed by atoms with van der Waals surface area (Å²) < 4.78 is 0. The maximum Gasteiger partial charge on any atom is 0.486 e. The number of hydrogen-bond donors (Lipinski definition) is 2. The summed E-state index contributed by atoms with van der Waals surface area (Å²) in [6.07, 6.45) is 0. The summed E-state index contributed by atoms with van der Waals surface area (Å²) in [5.41, 5.74) is 3.75. The fraction of sp³-hybridized carbons (Fsp3) is 1.00. The van der Waals surface area contributed by atoms with Crippen LogP contribution in [0.3, 0.4) is 0 Å². The van der Waals surface area contributed by atoms with Gasteiger partial charge in [0.2, 0.25) is 9.74 Å². The van der Waals surface area contributed by atoms with Crippen LogP contribution in [0.1, 0.15) is 0 Å². The van der Waals surface area contributed by atoms with E-state index in [0.29, 0.717) is 0 Å². The largest absolute Gasteiger partial charge is 0.486 e. The highest BCUT2D eigenvalue weighted by molar-refractivity contribution is 3.88. The Morgan fingerprint density at radius 1 is 1.09 bits per heavy atom. The van der Waals surface area contributed by atoms with Crippen molar-refractivity contribution < 1.29 is 19.4 Å². The summed E-state index contributed by atoms with van der Waals surface area (Å²) in [6.45, 7) is -0.484. The van der Waals surface area contributed by atoms with Crippen LogP contribution in [-0.2, 0) is 9.68 Å². The molecule has 8 heteroatoms. The molecule has 0 saturated carbocycles. The first-order valence-corrected chi connectivity index (χ1v) is 2.67. The molecule has 0 aliphatic heterocycles. The highest BCUT2D eigenvalue weighted by Crippen LogP contribution is 1.68. The fourth-order valence-corrected chi connectivity index (χ4v) is 0.378. The van der Waals surface area contributed by atoms with E-state index in [1.165, 1.54) is 14.2 Å². The molecular weight excluding hydrogens is 156 g/mol. The minimum Gasteiger partial charge on any atom is -0.228 e. The summed E-state index contributed by atoms with van der Waals surface area (Å²) in [4.78, 5) is 29.7. The van der Waals surface area contributed by atoms with Gasteiger partial charge in [0, 0.05) is 0 Å². The van der Waals surface area contributed by atoms with Gasteiger partial charge in [-0.05, 0) is 11.2 Å². The first-order valence-electron chi connectivity index (χ1n) is 2.67. The van der Waals surface area contributed by atoms with E-state index < -0.39 is 6.67 Å². The van der Waals surface area contributed by atoms with Gasteiger partial charge in [-0.25, -0.2) is 9.68 Å². The van der Waals surface area contributed by atoms with Crippen molar-refractivity contribution in [2.24, 2.45) is 0 Å². The van der Waals surface area contributed by atoms with Gasteiger partial charge in [0.15, 0.2) is 0 Å². The van der Waals surface area contributed by atoms with Crippen molar-refractivity contribution in [2.75, 3.05) is 20.9 Å². The Hall–Kier alpha value is -1.28. The van der Waals surface area contributed by atoms with E-state index in [0.717, 1.165) is 0 Å². The Labute approximate surface area is 62.5 Å². The van der Waals surface area contributed by atoms with Crippen molar-refractivity contribution in [1.82, 2.24) is 11.2 Å². The van der Waals surface area contributed by atoms with Gasteiger partial charge in [-0.3, -0.25) is 0 Å². The molecule has 8 nitrogen and oxygen atoms in total. The zero-order chi connectivity index (χ0) is 8.69. The zero-order valence-electron chi connectivity index (χ0n) is 6.23. The van der Waals surface area contributed by atoms with Crippen molar-refractivity contribution >= 4 is 0 Å². The molecule has 0 aromatic rings. The number of nitroso groups, excluding NO2 is 2. The summed E-state index contributed by atoms with van der Waals surface area (Å²) in [6, 6.07) is 0. The number of hydrogen-bond acceptors (Lipinski definition) is 4. The van der Waals surface area contributed by atoms with Crippen LogP contribution in [-0.4, -0.2) is 30.6 Å². The molecule has 0 rings (SSSR count). The molecule has 0 fully saturated rings. The SMILES string of the molecule is CON[N+](=O)C[N+](=O)NOC. The van der Waals surface area contributed by atoms with Crippen molar-refractivity contribution in [3.05, 3.63) is 9.81 Å². The Kier molecular flexibility index (Phi) is 4.86. The second kappa shape index (κ2) is 5.50. The molecular formula is C3H10N4O4+2. The van der Waals surface area contributed by atoms with Crippen molar-refractivity contribution in [3.8, 4) is 0 Å². The number of hydrazine groups is 2. The quantitative estimate of drug-likeness (QED) is 0.288. The van der Waals surface area contributed by atoms with Crippen LogP contribution in [0, 0.1) is 9.81 Å². The Balaban J connectivity index is 3.49. The van der Waals surface area contributed by atoms with Gasteiger partial charge >= 0.3 is 6.67 Å². The molecule has 0 aromatic heterocycles. The molecule has 0 atom stereocenters. The molecule has 0 bridgehead atoms. The lowest BCUT2D eigenvalue weighted by Gasteiger charge is -1.88. The molecule has 0 heterocycles. The van der Waals surface area contributed by atoms with E-state index in [9.17, 15) is 9.81 Å². The van der Waals surface area contributed by atoms with Gasteiger partial charge in [-0.15, -0.1) is 0 Å². The smallest absolute Gasteiger partial charge is 0.228 e. The lowest BCUT2D eigenvalue weighted by atomic mass is 11.2. The van der Waals surface area contributed by atoms with E-state index in [-0.39, 0.29) is 9.74 Å². The predicted molar refractivity (Wildman–Crippen MR) is 32.4 cm³/mol. The molecule has 64 valence electrons. The Morgan fingerprint density at radius 2 is 1.45 bits per heavy atom. The third-order valence-corrected chi connectivity index (χ3v) is 0.643. The van der Waals surface area contributed by atoms with Crippen LogP contribution in [0.15, 0.2) is 0 Å². The van der Waals surface area contributed by atoms with Crippen LogP contribution >= 0.6 is 0 Å². The molecule has 0 radical (unpaired) electrons. The lowest BCUT2D eigenvalue weighted by Crippen LogP contribution is -2.37. The maximum atomic E-state index is 10.5.